The van der Waals surface area contributed by atoms with Crippen LogP contribution in [0.15, 0.2) is 34.0 Å². The smallest absolute Gasteiger partial charge is 0.352 e. The van der Waals surface area contributed by atoms with Crippen LogP contribution in [0.3, 0.4) is 0 Å². The number of aromatic nitrogens is 1. The number of allylic oxidation sites excluding steroid dienone is 1. The molecule has 32 heavy (non-hydrogen) atoms. The van der Waals surface area contributed by atoms with Gasteiger partial charge in [0.2, 0.25) is 0 Å². The number of oxime groups is 1. The summed E-state index contributed by atoms with van der Waals surface area (Å²) in [5, 5.41) is 17.3. The highest BCUT2D eigenvalue weighted by Gasteiger charge is 2.54. The minimum Gasteiger partial charge on any atom is -0.477 e. The topological polar surface area (TPSA) is 156 Å². The number of β-lactam (4-membered cyclic amide) rings is 1. The number of amides is 2. The van der Waals surface area contributed by atoms with Gasteiger partial charge in [-0.15, -0.1) is 23.1 Å². The van der Waals surface area contributed by atoms with Crippen molar-refractivity contribution < 1.29 is 29.1 Å². The number of rotatable bonds is 7. The largest absolute Gasteiger partial charge is 0.477 e. The number of nitrogens with two attached hydrogens (primary N) is 1. The van der Waals surface area contributed by atoms with Crippen molar-refractivity contribution in [2.75, 3.05) is 25.2 Å². The fourth-order valence-electron chi connectivity index (χ4n) is 3.65. The number of nitrogen functional groups attached to an aromatic ring is 1. The highest BCUT2D eigenvalue weighted by Crippen LogP contribution is 2.40. The number of thiazole rings is 1. The number of nitrogens with zero attached hydrogens (tertiary/aromatic N) is 3. The molecule has 1 unspecified atom stereocenters. The highest BCUT2D eigenvalue weighted by atomic mass is 32.2. The zero-order valence-corrected chi connectivity index (χ0v) is 18.6. The first kappa shape index (κ1) is 22.3. The van der Waals surface area contributed by atoms with Crippen LogP contribution in [-0.2, 0) is 24.0 Å². The zero-order chi connectivity index (χ0) is 22.8. The molecule has 1 aromatic heterocycles. The van der Waals surface area contributed by atoms with E-state index in [1.807, 2.05) is 6.08 Å². The molecule has 3 atom stereocenters. The number of carboxylic acids is 1. The van der Waals surface area contributed by atoms with Crippen molar-refractivity contribution in [3.05, 3.63) is 34.5 Å². The fraction of sp³-hybridized carbons (Fsp3) is 0.421. The second kappa shape index (κ2) is 9.30. The van der Waals surface area contributed by atoms with Crippen molar-refractivity contribution in [2.45, 2.75) is 30.4 Å². The summed E-state index contributed by atoms with van der Waals surface area (Å²) < 4.78 is 5.54. The number of hydrogen-bond acceptors (Lipinski definition) is 10. The number of carbonyl (C=O) groups excluding carboxylic acids is 2. The van der Waals surface area contributed by atoms with E-state index in [0.29, 0.717) is 17.9 Å². The van der Waals surface area contributed by atoms with E-state index in [9.17, 15) is 19.5 Å². The van der Waals surface area contributed by atoms with Crippen LogP contribution in [0.25, 0.3) is 0 Å². The Hall–Kier alpha value is -2.90. The zero-order valence-electron chi connectivity index (χ0n) is 17.0. The lowest BCUT2D eigenvalue weighted by Gasteiger charge is -2.49. The summed E-state index contributed by atoms with van der Waals surface area (Å²) in [7, 11) is 1.28. The summed E-state index contributed by atoms with van der Waals surface area (Å²) in [6, 6.07) is -0.899. The van der Waals surface area contributed by atoms with Gasteiger partial charge in [-0.25, -0.2) is 9.78 Å². The molecule has 0 aromatic carbocycles. The van der Waals surface area contributed by atoms with Crippen molar-refractivity contribution in [2.24, 2.45) is 5.16 Å². The number of anilines is 1. The normalized spacial score (nSPS) is 25.7. The molecule has 0 saturated carbocycles. The Balaban J connectivity index is 1.50. The molecule has 3 aliphatic rings. The van der Waals surface area contributed by atoms with Crippen molar-refractivity contribution in [1.29, 1.82) is 0 Å². The van der Waals surface area contributed by atoms with Crippen molar-refractivity contribution >= 4 is 51.7 Å². The first-order valence-corrected chi connectivity index (χ1v) is 11.7. The third-order valence-electron chi connectivity index (χ3n) is 5.13. The van der Waals surface area contributed by atoms with Gasteiger partial charge in [0.25, 0.3) is 11.8 Å². The molecule has 2 amide bonds. The van der Waals surface area contributed by atoms with Gasteiger partial charge in [0.15, 0.2) is 10.8 Å². The van der Waals surface area contributed by atoms with Gasteiger partial charge in [0.1, 0.15) is 29.9 Å². The standard InChI is InChI=1S/C19H21N5O6S2/c1-29-23-12(11-8-32-19(20)21-11)15(25)22-13-16(26)24-14(18(27)28)9(7-31-17(13)24)4-5-10-3-2-6-30-10/h4-5,8,10,13,17H,2-3,6-7H2,1H3,(H2,20,21)(H,22,25)(H,27,28)/b5-4+,23-12-/t10?,13-,17-/m1/s1. The van der Waals surface area contributed by atoms with Crippen LogP contribution in [-0.4, -0.2) is 75.5 Å². The maximum atomic E-state index is 12.8. The summed E-state index contributed by atoms with van der Waals surface area (Å²) >= 11 is 2.51. The van der Waals surface area contributed by atoms with Gasteiger partial charge < -0.3 is 25.7 Å². The van der Waals surface area contributed by atoms with E-state index in [4.69, 9.17) is 15.3 Å². The van der Waals surface area contributed by atoms with Crippen LogP contribution >= 0.6 is 23.1 Å². The molecule has 2 saturated heterocycles. The number of thioether (sulfide) groups is 1. The Kier molecular flexibility index (Phi) is 6.48. The van der Waals surface area contributed by atoms with E-state index < -0.39 is 29.2 Å². The second-order valence-corrected chi connectivity index (χ2v) is 9.14. The molecule has 11 nitrogen and oxygen atoms in total. The highest BCUT2D eigenvalue weighted by molar-refractivity contribution is 8.00. The molecule has 0 bridgehead atoms. The minimum atomic E-state index is -1.19. The lowest BCUT2D eigenvalue weighted by Crippen LogP contribution is -2.71. The van der Waals surface area contributed by atoms with E-state index in [-0.39, 0.29) is 28.3 Å². The predicted octanol–water partition coefficient (Wildman–Crippen LogP) is 0.550. The average molecular weight is 480 g/mol. The van der Waals surface area contributed by atoms with Crippen LogP contribution in [0, 0.1) is 0 Å². The van der Waals surface area contributed by atoms with Crippen molar-refractivity contribution in [3.8, 4) is 0 Å². The molecule has 3 aliphatic heterocycles. The summed E-state index contributed by atoms with van der Waals surface area (Å²) in [6.45, 7) is 0.685. The van der Waals surface area contributed by atoms with Gasteiger partial charge in [-0.3, -0.25) is 14.5 Å². The van der Waals surface area contributed by atoms with E-state index in [1.54, 1.807) is 11.5 Å². The SMILES string of the molecule is CO/N=C(\C(=O)N[C@@H]1C(=O)N2C(C(=O)O)=C(/C=C/C3CCCO3)CS[C@H]12)c1csc(N)n1. The summed E-state index contributed by atoms with van der Waals surface area (Å²) in [6.07, 6.45) is 5.36. The van der Waals surface area contributed by atoms with Gasteiger partial charge in [0.05, 0.1) is 6.10 Å². The molecule has 4 N–H and O–H groups in total. The van der Waals surface area contributed by atoms with Crippen molar-refractivity contribution in [3.63, 3.8) is 0 Å². The van der Waals surface area contributed by atoms with Gasteiger partial charge in [-0.1, -0.05) is 17.3 Å². The third kappa shape index (κ3) is 4.23. The second-order valence-electron chi connectivity index (χ2n) is 7.14. The van der Waals surface area contributed by atoms with E-state index >= 15 is 0 Å². The Morgan fingerprint density at radius 2 is 2.31 bits per heavy atom. The maximum Gasteiger partial charge on any atom is 0.352 e. The van der Waals surface area contributed by atoms with Crippen LogP contribution in [0.1, 0.15) is 18.5 Å². The minimum absolute atomic E-state index is 0.0439. The number of carbonyl (C=O) groups is 3. The molecule has 170 valence electrons. The molecular weight excluding hydrogens is 458 g/mol. The number of fused-ring (bicyclic) bond motifs is 1. The van der Waals surface area contributed by atoms with Gasteiger partial charge in [0, 0.05) is 17.7 Å². The van der Waals surface area contributed by atoms with Gasteiger partial charge >= 0.3 is 5.97 Å². The van der Waals surface area contributed by atoms with Gasteiger partial charge in [-0.05, 0) is 18.4 Å². The lowest BCUT2D eigenvalue weighted by molar-refractivity contribution is -0.150. The fourth-order valence-corrected chi connectivity index (χ4v) is 5.52. The molecule has 1 aromatic rings. The Morgan fingerprint density at radius 3 is 2.94 bits per heavy atom. The van der Waals surface area contributed by atoms with E-state index in [0.717, 1.165) is 24.2 Å². The lowest BCUT2D eigenvalue weighted by atomic mass is 10.0. The number of ether oxygens (including phenoxy) is 1. The monoisotopic (exact) mass is 479 g/mol. The number of nitrogens with one attached hydrogen (secondary N) is 1. The van der Waals surface area contributed by atoms with Crippen LogP contribution in [0.5, 0.6) is 0 Å². The Bertz CT molecular complexity index is 1030. The predicted molar refractivity (Wildman–Crippen MR) is 118 cm³/mol. The Labute approximate surface area is 191 Å². The first-order valence-electron chi connectivity index (χ1n) is 9.75. The quantitative estimate of drug-likeness (QED) is 0.289. The average Bonchev–Trinajstić information content (AvgIpc) is 3.45. The summed E-state index contributed by atoms with van der Waals surface area (Å²) in [5.74, 6) is -1.99. The molecule has 0 spiro atoms. The summed E-state index contributed by atoms with van der Waals surface area (Å²) in [4.78, 5) is 47.5. The third-order valence-corrected chi connectivity index (χ3v) is 7.10. The molecule has 4 heterocycles. The Morgan fingerprint density at radius 1 is 1.50 bits per heavy atom. The van der Waals surface area contributed by atoms with Crippen LogP contribution in [0.4, 0.5) is 5.13 Å². The molecule has 0 radical (unpaired) electrons. The first-order chi connectivity index (χ1) is 15.4. The molecular formula is C19H21N5O6S2. The van der Waals surface area contributed by atoms with E-state index in [1.165, 1.54) is 23.8 Å². The van der Waals surface area contributed by atoms with E-state index in [2.05, 4.69) is 15.5 Å². The maximum absolute atomic E-state index is 12.8. The van der Waals surface area contributed by atoms with Crippen LogP contribution in [0.2, 0.25) is 0 Å². The summed E-state index contributed by atoms with van der Waals surface area (Å²) in [5.41, 5.74) is 6.18. The van der Waals surface area contributed by atoms with Crippen LogP contribution < -0.4 is 11.1 Å². The number of aliphatic carboxylic acids is 1. The number of carboxylic acid groups (broad SMARTS) is 1. The van der Waals surface area contributed by atoms with Gasteiger partial charge in [-0.2, -0.15) is 0 Å². The molecule has 2 fully saturated rings. The molecule has 4 rings (SSSR count). The molecule has 0 aliphatic carbocycles. The van der Waals surface area contributed by atoms with Crippen molar-refractivity contribution in [1.82, 2.24) is 15.2 Å². The number of hydrogen-bond donors (Lipinski definition) is 3. The molecule has 13 heteroatoms.